The maximum Gasteiger partial charge on any atom is 0.292 e. The van der Waals surface area contributed by atoms with Crippen LogP contribution in [0.3, 0.4) is 0 Å². The van der Waals surface area contributed by atoms with Gasteiger partial charge in [0.25, 0.3) is 17.6 Å². The van der Waals surface area contributed by atoms with Crippen molar-refractivity contribution in [1.29, 1.82) is 0 Å². The van der Waals surface area contributed by atoms with Crippen LogP contribution >= 0.6 is 0 Å². The highest BCUT2D eigenvalue weighted by molar-refractivity contribution is 5.90. The summed E-state index contributed by atoms with van der Waals surface area (Å²) in [6.07, 6.45) is 0. The van der Waals surface area contributed by atoms with Gasteiger partial charge in [0.05, 0.1) is 11.3 Å². The van der Waals surface area contributed by atoms with Crippen LogP contribution in [0.5, 0.6) is 5.75 Å². The van der Waals surface area contributed by atoms with Crippen LogP contribution in [0.25, 0.3) is 11.5 Å². The number of amides is 1. The van der Waals surface area contributed by atoms with Gasteiger partial charge in [0, 0.05) is 13.1 Å². The number of ether oxygens (including phenoxy) is 1. The zero-order valence-corrected chi connectivity index (χ0v) is 11.0. The average Bonchev–Trinajstić information content (AvgIpc) is 2.97. The first-order valence-electron chi connectivity index (χ1n) is 6.41. The minimum atomic E-state index is -0.355. The van der Waals surface area contributed by atoms with E-state index in [4.69, 9.17) is 9.26 Å². The van der Waals surface area contributed by atoms with Gasteiger partial charge in [-0.25, -0.2) is 0 Å². The summed E-state index contributed by atoms with van der Waals surface area (Å²) in [5.41, 5.74) is 1.56. The Hall–Kier alpha value is -2.57. The third-order valence-corrected chi connectivity index (χ3v) is 2.88. The van der Waals surface area contributed by atoms with Crippen LogP contribution < -0.4 is 15.4 Å². The first kappa shape index (κ1) is 12.5. The molecule has 0 fully saturated rings. The Labute approximate surface area is 115 Å². The number of para-hydroxylation sites is 1. The maximum atomic E-state index is 11.6. The third-order valence-electron chi connectivity index (χ3n) is 2.88. The molecular formula is C13H14N4O3. The van der Waals surface area contributed by atoms with Gasteiger partial charge in [-0.05, 0) is 19.1 Å². The molecule has 0 saturated heterocycles. The van der Waals surface area contributed by atoms with Crippen LogP contribution in [0.15, 0.2) is 22.7 Å². The molecule has 2 aromatic rings. The molecule has 1 aromatic carbocycles. The summed E-state index contributed by atoms with van der Waals surface area (Å²) in [5.74, 6) is 0.603. The van der Waals surface area contributed by atoms with Crippen LogP contribution in [0.1, 0.15) is 17.5 Å². The Kier molecular flexibility index (Phi) is 3.24. The Balaban J connectivity index is 1.96. The number of rotatable bonds is 3. The van der Waals surface area contributed by atoms with Crippen LogP contribution in [-0.2, 0) is 0 Å². The van der Waals surface area contributed by atoms with Crippen molar-refractivity contribution < 1.29 is 14.1 Å². The number of carbonyl (C=O) groups is 1. The van der Waals surface area contributed by atoms with Gasteiger partial charge in [0.2, 0.25) is 0 Å². The van der Waals surface area contributed by atoms with Gasteiger partial charge < -0.3 is 19.9 Å². The molecule has 0 radical (unpaired) electrons. The molecule has 1 amide bonds. The number of fused-ring (bicyclic) bond motifs is 1. The second-order valence-electron chi connectivity index (χ2n) is 4.24. The van der Waals surface area contributed by atoms with E-state index in [1.54, 1.807) is 0 Å². The lowest BCUT2D eigenvalue weighted by molar-refractivity contribution is 0.0942. The van der Waals surface area contributed by atoms with Gasteiger partial charge in [-0.3, -0.25) is 4.79 Å². The molecule has 2 N–H and O–H groups in total. The second kappa shape index (κ2) is 5.20. The topological polar surface area (TPSA) is 89.3 Å². The van der Waals surface area contributed by atoms with E-state index in [9.17, 15) is 4.79 Å². The fraction of sp³-hybridized carbons (Fsp3) is 0.308. The molecule has 1 aromatic heterocycles. The Bertz CT molecular complexity index is 638. The quantitative estimate of drug-likeness (QED) is 0.876. The number of nitrogens with one attached hydrogen (secondary N) is 2. The second-order valence-corrected chi connectivity index (χ2v) is 4.24. The minimum absolute atomic E-state index is 0.0169. The molecule has 0 bridgehead atoms. The van der Waals surface area contributed by atoms with Gasteiger partial charge in [-0.15, -0.1) is 0 Å². The van der Waals surface area contributed by atoms with E-state index in [1.807, 2.05) is 25.1 Å². The molecule has 0 saturated carbocycles. The molecule has 1 aliphatic heterocycles. The first-order chi connectivity index (χ1) is 9.79. The SMILES string of the molecule is CCNC(=O)c1noc(-c2cccc3c2OCCN3)n1. The molecular weight excluding hydrogens is 260 g/mol. The van der Waals surface area contributed by atoms with E-state index < -0.39 is 0 Å². The van der Waals surface area contributed by atoms with Crippen molar-refractivity contribution >= 4 is 11.6 Å². The van der Waals surface area contributed by atoms with Crippen LogP contribution in [-0.4, -0.2) is 35.7 Å². The average molecular weight is 274 g/mol. The Morgan fingerprint density at radius 3 is 3.25 bits per heavy atom. The number of hydrogen-bond donors (Lipinski definition) is 2. The summed E-state index contributed by atoms with van der Waals surface area (Å²) >= 11 is 0. The van der Waals surface area contributed by atoms with Crippen LogP contribution in [0, 0.1) is 0 Å². The summed E-state index contributed by atoms with van der Waals surface area (Å²) in [5, 5.41) is 9.54. The lowest BCUT2D eigenvalue weighted by atomic mass is 10.1. The summed E-state index contributed by atoms with van der Waals surface area (Å²) in [6, 6.07) is 5.60. The molecule has 0 unspecified atom stereocenters. The van der Waals surface area contributed by atoms with Crippen LogP contribution in [0.4, 0.5) is 5.69 Å². The summed E-state index contributed by atoms with van der Waals surface area (Å²) in [7, 11) is 0. The monoisotopic (exact) mass is 274 g/mol. The number of anilines is 1. The van der Waals surface area contributed by atoms with Gasteiger partial charge in [0.15, 0.2) is 5.75 Å². The van der Waals surface area contributed by atoms with E-state index in [0.29, 0.717) is 24.5 Å². The largest absolute Gasteiger partial charge is 0.489 e. The minimum Gasteiger partial charge on any atom is -0.489 e. The standard InChI is InChI=1S/C13H14N4O3/c1-2-14-12(18)11-16-13(20-17-11)8-4-3-5-9-10(8)19-7-6-15-9/h3-5,15H,2,6-7H2,1H3,(H,14,18). The summed E-state index contributed by atoms with van der Waals surface area (Å²) in [6.45, 7) is 3.66. The van der Waals surface area contributed by atoms with Gasteiger partial charge in [-0.1, -0.05) is 11.2 Å². The number of aromatic nitrogens is 2. The van der Waals surface area contributed by atoms with Crippen molar-refractivity contribution in [2.24, 2.45) is 0 Å². The zero-order chi connectivity index (χ0) is 13.9. The summed E-state index contributed by atoms with van der Waals surface area (Å²) < 4.78 is 10.8. The van der Waals surface area contributed by atoms with Gasteiger partial charge >= 0.3 is 0 Å². The number of carbonyl (C=O) groups excluding carboxylic acids is 1. The van der Waals surface area contributed by atoms with Crippen molar-refractivity contribution in [3.63, 3.8) is 0 Å². The highest BCUT2D eigenvalue weighted by atomic mass is 16.5. The van der Waals surface area contributed by atoms with Crippen molar-refractivity contribution in [3.8, 4) is 17.2 Å². The molecule has 0 aliphatic carbocycles. The first-order valence-corrected chi connectivity index (χ1v) is 6.41. The highest BCUT2D eigenvalue weighted by Gasteiger charge is 2.21. The molecule has 2 heterocycles. The molecule has 104 valence electrons. The predicted molar refractivity (Wildman–Crippen MR) is 71.7 cm³/mol. The van der Waals surface area contributed by atoms with Crippen LogP contribution in [0.2, 0.25) is 0 Å². The fourth-order valence-corrected chi connectivity index (χ4v) is 2.00. The van der Waals surface area contributed by atoms with Crippen molar-refractivity contribution in [3.05, 3.63) is 24.0 Å². The van der Waals surface area contributed by atoms with Crippen molar-refractivity contribution in [2.75, 3.05) is 25.0 Å². The van der Waals surface area contributed by atoms with Crippen molar-refractivity contribution in [2.45, 2.75) is 6.92 Å². The van der Waals surface area contributed by atoms with E-state index in [2.05, 4.69) is 20.8 Å². The molecule has 0 spiro atoms. The lowest BCUT2D eigenvalue weighted by Gasteiger charge is -2.20. The third kappa shape index (κ3) is 2.18. The number of nitrogens with zero attached hydrogens (tertiary/aromatic N) is 2. The smallest absolute Gasteiger partial charge is 0.292 e. The van der Waals surface area contributed by atoms with E-state index in [-0.39, 0.29) is 17.6 Å². The summed E-state index contributed by atoms with van der Waals surface area (Å²) in [4.78, 5) is 15.7. The number of hydrogen-bond acceptors (Lipinski definition) is 6. The van der Waals surface area contributed by atoms with E-state index in [1.165, 1.54) is 0 Å². The Morgan fingerprint density at radius 2 is 2.40 bits per heavy atom. The van der Waals surface area contributed by atoms with E-state index >= 15 is 0 Å². The van der Waals surface area contributed by atoms with Gasteiger partial charge in [-0.2, -0.15) is 4.98 Å². The molecule has 20 heavy (non-hydrogen) atoms. The normalized spacial score (nSPS) is 13.1. The van der Waals surface area contributed by atoms with Crippen molar-refractivity contribution in [1.82, 2.24) is 15.5 Å². The Morgan fingerprint density at radius 1 is 1.50 bits per heavy atom. The molecule has 7 nitrogen and oxygen atoms in total. The van der Waals surface area contributed by atoms with Gasteiger partial charge in [0.1, 0.15) is 6.61 Å². The maximum absolute atomic E-state index is 11.6. The zero-order valence-electron chi connectivity index (χ0n) is 11.0. The number of benzene rings is 1. The molecule has 3 rings (SSSR count). The van der Waals surface area contributed by atoms with E-state index in [0.717, 1.165) is 12.2 Å². The molecule has 1 aliphatic rings. The molecule has 0 atom stereocenters. The lowest BCUT2D eigenvalue weighted by Crippen LogP contribution is -2.23. The highest BCUT2D eigenvalue weighted by Crippen LogP contribution is 2.37. The molecule has 7 heteroatoms. The fourth-order valence-electron chi connectivity index (χ4n) is 2.00. The predicted octanol–water partition coefficient (Wildman–Crippen LogP) is 1.29.